The van der Waals surface area contributed by atoms with Crippen LogP contribution in [0.1, 0.15) is 18.9 Å². The molecule has 1 aromatic carbocycles. The second kappa shape index (κ2) is 6.37. The minimum Gasteiger partial charge on any atom is -0.394 e. The second-order valence-electron chi connectivity index (χ2n) is 3.94. The largest absolute Gasteiger partial charge is 0.394 e. The van der Waals surface area contributed by atoms with Crippen molar-refractivity contribution in [3.8, 4) is 0 Å². The average molecular weight is 237 g/mol. The number of amides is 1. The summed E-state index contributed by atoms with van der Waals surface area (Å²) in [6.07, 6.45) is 0.614. The van der Waals surface area contributed by atoms with Crippen LogP contribution in [-0.4, -0.2) is 31.3 Å². The van der Waals surface area contributed by atoms with Gasteiger partial charge in [-0.25, -0.2) is 0 Å². The van der Waals surface area contributed by atoms with E-state index in [1.54, 1.807) is 0 Å². The van der Waals surface area contributed by atoms with Gasteiger partial charge in [-0.15, -0.1) is 0 Å². The summed E-state index contributed by atoms with van der Waals surface area (Å²) in [4.78, 5) is 11.6. The number of carbonyl (C=O) groups is 1. The molecule has 4 heteroatoms. The molecule has 17 heavy (non-hydrogen) atoms. The van der Waals surface area contributed by atoms with E-state index in [2.05, 4.69) is 5.32 Å². The van der Waals surface area contributed by atoms with E-state index >= 15 is 0 Å². The molecule has 2 N–H and O–H groups in total. The SMILES string of the molecule is CC[C@@](CO)(NC(=O)COC)c1ccccc1. The number of carbonyl (C=O) groups excluding carboxylic acids is 1. The Bertz CT molecular complexity index is 347. The number of ether oxygens (including phenoxy) is 1. The van der Waals surface area contributed by atoms with Gasteiger partial charge in [0.15, 0.2) is 0 Å². The van der Waals surface area contributed by atoms with Crippen LogP contribution < -0.4 is 5.32 Å². The third-order valence-corrected chi connectivity index (χ3v) is 2.85. The Morgan fingerprint density at radius 1 is 1.41 bits per heavy atom. The maximum atomic E-state index is 11.6. The Labute approximate surface area is 102 Å². The molecule has 0 radical (unpaired) electrons. The Kier molecular flexibility index (Phi) is 5.12. The van der Waals surface area contributed by atoms with Crippen LogP contribution in [-0.2, 0) is 15.1 Å². The third kappa shape index (κ3) is 3.28. The first-order chi connectivity index (χ1) is 8.18. The summed E-state index contributed by atoms with van der Waals surface area (Å²) >= 11 is 0. The van der Waals surface area contributed by atoms with Gasteiger partial charge in [0.1, 0.15) is 6.61 Å². The molecule has 4 nitrogen and oxygen atoms in total. The van der Waals surface area contributed by atoms with E-state index in [0.717, 1.165) is 5.56 Å². The normalized spacial score (nSPS) is 14.1. The zero-order chi connectivity index (χ0) is 12.7. The van der Waals surface area contributed by atoms with Gasteiger partial charge < -0.3 is 15.2 Å². The molecule has 0 heterocycles. The summed E-state index contributed by atoms with van der Waals surface area (Å²) in [5.41, 5.74) is 0.172. The van der Waals surface area contributed by atoms with Crippen LogP contribution in [0.15, 0.2) is 30.3 Å². The number of nitrogens with one attached hydrogen (secondary N) is 1. The lowest BCUT2D eigenvalue weighted by molar-refractivity contribution is -0.127. The van der Waals surface area contributed by atoms with Gasteiger partial charge in [-0.3, -0.25) is 4.79 Å². The van der Waals surface area contributed by atoms with Gasteiger partial charge >= 0.3 is 0 Å². The predicted molar refractivity (Wildman–Crippen MR) is 65.5 cm³/mol. The summed E-state index contributed by atoms with van der Waals surface area (Å²) in [6.45, 7) is 1.79. The van der Waals surface area contributed by atoms with E-state index in [4.69, 9.17) is 4.74 Å². The lowest BCUT2D eigenvalue weighted by Crippen LogP contribution is -2.49. The number of benzene rings is 1. The van der Waals surface area contributed by atoms with Crippen LogP contribution in [0.5, 0.6) is 0 Å². The van der Waals surface area contributed by atoms with E-state index in [9.17, 15) is 9.90 Å². The van der Waals surface area contributed by atoms with Gasteiger partial charge in [-0.2, -0.15) is 0 Å². The van der Waals surface area contributed by atoms with Crippen LogP contribution >= 0.6 is 0 Å². The maximum absolute atomic E-state index is 11.6. The van der Waals surface area contributed by atoms with Crippen LogP contribution in [0.25, 0.3) is 0 Å². The van der Waals surface area contributed by atoms with Crippen LogP contribution in [0, 0.1) is 0 Å². The van der Waals surface area contributed by atoms with E-state index in [1.807, 2.05) is 37.3 Å². The van der Waals surface area contributed by atoms with Crippen molar-refractivity contribution in [2.75, 3.05) is 20.3 Å². The summed E-state index contributed by atoms with van der Waals surface area (Å²) in [5.74, 6) is -0.229. The summed E-state index contributed by atoms with van der Waals surface area (Å²) < 4.78 is 4.78. The summed E-state index contributed by atoms with van der Waals surface area (Å²) in [6, 6.07) is 9.47. The minimum absolute atomic E-state index is 0.00537. The molecule has 0 saturated carbocycles. The van der Waals surface area contributed by atoms with Gasteiger partial charge in [0.05, 0.1) is 12.1 Å². The average Bonchev–Trinajstić information content (AvgIpc) is 2.37. The molecule has 0 saturated heterocycles. The van der Waals surface area contributed by atoms with E-state index < -0.39 is 5.54 Å². The van der Waals surface area contributed by atoms with Crippen molar-refractivity contribution >= 4 is 5.91 Å². The fraction of sp³-hybridized carbons (Fsp3) is 0.462. The molecule has 0 aliphatic heterocycles. The van der Waals surface area contributed by atoms with Gasteiger partial charge in [0.25, 0.3) is 0 Å². The van der Waals surface area contributed by atoms with Gasteiger partial charge in [0, 0.05) is 7.11 Å². The zero-order valence-corrected chi connectivity index (χ0v) is 10.3. The number of aliphatic hydroxyl groups excluding tert-OH is 1. The van der Waals surface area contributed by atoms with E-state index in [-0.39, 0.29) is 19.1 Å². The van der Waals surface area contributed by atoms with Crippen molar-refractivity contribution in [1.82, 2.24) is 5.32 Å². The lowest BCUT2D eigenvalue weighted by atomic mass is 9.88. The Hall–Kier alpha value is -1.39. The second-order valence-corrected chi connectivity index (χ2v) is 3.94. The molecule has 0 unspecified atom stereocenters. The molecule has 0 bridgehead atoms. The summed E-state index contributed by atoms with van der Waals surface area (Å²) in [7, 11) is 1.47. The summed E-state index contributed by atoms with van der Waals surface area (Å²) in [5, 5.41) is 12.4. The first-order valence-electron chi connectivity index (χ1n) is 5.65. The molecule has 1 aromatic rings. The predicted octanol–water partition coefficient (Wildman–Crippen LogP) is 1.05. The maximum Gasteiger partial charge on any atom is 0.246 e. The monoisotopic (exact) mass is 237 g/mol. The molecule has 1 rings (SSSR count). The van der Waals surface area contributed by atoms with Crippen molar-refractivity contribution in [1.29, 1.82) is 0 Å². The van der Waals surface area contributed by atoms with Gasteiger partial charge in [-0.1, -0.05) is 37.3 Å². The molecular formula is C13H19NO3. The fourth-order valence-corrected chi connectivity index (χ4v) is 1.80. The Morgan fingerprint density at radius 3 is 2.53 bits per heavy atom. The number of methoxy groups -OCH3 is 1. The van der Waals surface area contributed by atoms with Gasteiger partial charge in [0.2, 0.25) is 5.91 Å². The topological polar surface area (TPSA) is 58.6 Å². The van der Waals surface area contributed by atoms with Crippen molar-refractivity contribution in [2.45, 2.75) is 18.9 Å². The number of hydrogen-bond acceptors (Lipinski definition) is 3. The van der Waals surface area contributed by atoms with E-state index in [1.165, 1.54) is 7.11 Å². The number of rotatable bonds is 6. The first kappa shape index (κ1) is 13.7. The van der Waals surface area contributed by atoms with Crippen molar-refractivity contribution in [2.24, 2.45) is 0 Å². The Morgan fingerprint density at radius 2 is 2.06 bits per heavy atom. The standard InChI is InChI=1S/C13H19NO3/c1-3-13(10-15,14-12(16)9-17-2)11-7-5-4-6-8-11/h4-8,15H,3,9-10H2,1-2H3,(H,14,16)/t13-/m0/s1. The lowest BCUT2D eigenvalue weighted by Gasteiger charge is -2.32. The molecule has 94 valence electrons. The highest BCUT2D eigenvalue weighted by Gasteiger charge is 2.31. The molecular weight excluding hydrogens is 218 g/mol. The van der Waals surface area contributed by atoms with Crippen LogP contribution in [0.3, 0.4) is 0 Å². The third-order valence-electron chi connectivity index (χ3n) is 2.85. The quantitative estimate of drug-likeness (QED) is 0.777. The van der Waals surface area contributed by atoms with Crippen molar-refractivity contribution in [3.05, 3.63) is 35.9 Å². The molecule has 0 fully saturated rings. The molecule has 1 amide bonds. The highest BCUT2D eigenvalue weighted by Crippen LogP contribution is 2.24. The fourth-order valence-electron chi connectivity index (χ4n) is 1.80. The molecule has 0 aliphatic carbocycles. The number of hydrogen-bond donors (Lipinski definition) is 2. The molecule has 0 aliphatic rings. The minimum atomic E-state index is -0.725. The number of aliphatic hydroxyl groups is 1. The zero-order valence-electron chi connectivity index (χ0n) is 10.3. The highest BCUT2D eigenvalue weighted by molar-refractivity contribution is 5.78. The van der Waals surface area contributed by atoms with Crippen molar-refractivity contribution < 1.29 is 14.6 Å². The van der Waals surface area contributed by atoms with E-state index in [0.29, 0.717) is 6.42 Å². The Balaban J connectivity index is 2.93. The van der Waals surface area contributed by atoms with Crippen molar-refractivity contribution in [3.63, 3.8) is 0 Å². The molecule has 1 atom stereocenters. The molecule has 0 aromatic heterocycles. The van der Waals surface area contributed by atoms with Crippen LogP contribution in [0.4, 0.5) is 0 Å². The smallest absolute Gasteiger partial charge is 0.246 e. The van der Waals surface area contributed by atoms with Gasteiger partial charge in [-0.05, 0) is 12.0 Å². The first-order valence-corrected chi connectivity index (χ1v) is 5.65. The van der Waals surface area contributed by atoms with Crippen LogP contribution in [0.2, 0.25) is 0 Å². The highest BCUT2D eigenvalue weighted by atomic mass is 16.5. The molecule has 0 spiro atoms.